The summed E-state index contributed by atoms with van der Waals surface area (Å²) in [4.78, 5) is 11.0. The average Bonchev–Trinajstić information content (AvgIpc) is 3.12. The van der Waals surface area contributed by atoms with Crippen molar-refractivity contribution in [2.75, 3.05) is 27.3 Å². The highest BCUT2D eigenvalue weighted by Crippen LogP contribution is 2.14. The molecule has 2 aromatic rings. The van der Waals surface area contributed by atoms with E-state index >= 15 is 0 Å². The van der Waals surface area contributed by atoms with E-state index in [-0.39, 0.29) is 0 Å². The largest absolute Gasteiger partial charge is 0.381 e. The van der Waals surface area contributed by atoms with Gasteiger partial charge in [-0.1, -0.05) is 24.3 Å². The molecule has 1 aliphatic heterocycles. The molecule has 0 radical (unpaired) electrons. The lowest BCUT2D eigenvalue weighted by Gasteiger charge is -2.23. The molecule has 7 heteroatoms. The van der Waals surface area contributed by atoms with E-state index in [0.29, 0.717) is 12.7 Å². The molecule has 0 amide bonds. The zero-order valence-electron chi connectivity index (χ0n) is 17.0. The van der Waals surface area contributed by atoms with Crippen LogP contribution in [-0.2, 0) is 29.2 Å². The highest BCUT2D eigenvalue weighted by Gasteiger charge is 2.14. The number of guanidine groups is 1. The molecule has 2 heterocycles. The Morgan fingerprint density at radius 3 is 2.86 bits per heavy atom. The predicted molar refractivity (Wildman–Crippen MR) is 114 cm³/mol. The molecule has 1 fully saturated rings. The second-order valence-electron chi connectivity index (χ2n) is 7.06. The smallest absolute Gasteiger partial charge is 0.194 e. The lowest BCUT2D eigenvalue weighted by atomic mass is 10.1. The summed E-state index contributed by atoms with van der Waals surface area (Å²) in [6, 6.07) is 8.53. The topological polar surface area (TPSA) is 59.0 Å². The van der Waals surface area contributed by atoms with Crippen molar-refractivity contribution in [2.24, 2.45) is 4.99 Å². The van der Waals surface area contributed by atoms with Gasteiger partial charge < -0.3 is 19.7 Å². The Bertz CT molecular complexity index is 771. The molecular weight excluding hydrogens is 372 g/mol. The molecule has 1 saturated heterocycles. The van der Waals surface area contributed by atoms with Crippen molar-refractivity contribution in [1.29, 1.82) is 0 Å². The quantitative estimate of drug-likeness (QED) is 0.568. The van der Waals surface area contributed by atoms with E-state index in [2.05, 4.69) is 49.8 Å². The number of ether oxygens (including phenoxy) is 2. The minimum Gasteiger partial charge on any atom is -0.381 e. The summed E-state index contributed by atoms with van der Waals surface area (Å²) in [5, 5.41) is 6.63. The van der Waals surface area contributed by atoms with Crippen LogP contribution in [0.1, 0.15) is 34.7 Å². The number of aliphatic imine (C=N–C) groups is 1. The molecule has 0 aliphatic carbocycles. The molecule has 3 rings (SSSR count). The molecule has 0 atom stereocenters. The zero-order chi connectivity index (χ0) is 19.8. The monoisotopic (exact) mass is 402 g/mol. The number of thiazole rings is 1. The minimum absolute atomic E-state index is 0.317. The highest BCUT2D eigenvalue weighted by atomic mass is 32.1. The van der Waals surface area contributed by atoms with Crippen LogP contribution in [0.15, 0.2) is 34.6 Å². The fourth-order valence-corrected chi connectivity index (χ4v) is 3.85. The Morgan fingerprint density at radius 2 is 2.14 bits per heavy atom. The molecule has 0 spiro atoms. The molecular formula is C21H30N4O2S. The minimum atomic E-state index is 0.317. The molecule has 0 unspecified atom stereocenters. The maximum Gasteiger partial charge on any atom is 0.194 e. The molecule has 1 N–H and O–H groups in total. The van der Waals surface area contributed by atoms with E-state index in [9.17, 15) is 0 Å². The van der Waals surface area contributed by atoms with Crippen molar-refractivity contribution < 1.29 is 9.47 Å². The molecule has 1 aliphatic rings. The van der Waals surface area contributed by atoms with Gasteiger partial charge in [-0.25, -0.2) is 4.98 Å². The summed E-state index contributed by atoms with van der Waals surface area (Å²) in [5.74, 6) is 0.856. The first-order valence-corrected chi connectivity index (χ1v) is 10.6. The third-order valence-corrected chi connectivity index (χ3v) is 5.56. The van der Waals surface area contributed by atoms with Gasteiger partial charge in [0.2, 0.25) is 0 Å². The van der Waals surface area contributed by atoms with Crippen LogP contribution in [0.25, 0.3) is 0 Å². The maximum absolute atomic E-state index is 6.04. The second kappa shape index (κ2) is 10.5. The maximum atomic E-state index is 6.04. The van der Waals surface area contributed by atoms with Crippen molar-refractivity contribution in [3.05, 3.63) is 51.5 Å². The van der Waals surface area contributed by atoms with Gasteiger partial charge in [0.25, 0.3) is 0 Å². The Hall–Kier alpha value is -1.96. The normalized spacial score (nSPS) is 15.6. The number of aryl methyl sites for hydroxylation is 1. The van der Waals surface area contributed by atoms with Crippen molar-refractivity contribution in [2.45, 2.75) is 45.6 Å². The van der Waals surface area contributed by atoms with Crippen LogP contribution in [0.5, 0.6) is 0 Å². The highest BCUT2D eigenvalue weighted by molar-refractivity contribution is 7.09. The summed E-state index contributed by atoms with van der Waals surface area (Å²) in [6.07, 6.45) is 2.29. The summed E-state index contributed by atoms with van der Waals surface area (Å²) >= 11 is 1.68. The average molecular weight is 403 g/mol. The lowest BCUT2D eigenvalue weighted by Crippen LogP contribution is -2.38. The molecule has 152 valence electrons. The molecule has 6 nitrogen and oxygen atoms in total. The number of nitrogens with one attached hydrogen (secondary N) is 1. The van der Waals surface area contributed by atoms with E-state index < -0.39 is 0 Å². The van der Waals surface area contributed by atoms with Crippen molar-refractivity contribution in [1.82, 2.24) is 15.2 Å². The lowest BCUT2D eigenvalue weighted by molar-refractivity contribution is -0.0390. The van der Waals surface area contributed by atoms with Gasteiger partial charge >= 0.3 is 0 Å². The van der Waals surface area contributed by atoms with Gasteiger partial charge in [0.15, 0.2) is 5.96 Å². The fourth-order valence-electron chi connectivity index (χ4n) is 3.25. The third kappa shape index (κ3) is 6.29. The predicted octanol–water partition coefficient (Wildman–Crippen LogP) is 3.35. The van der Waals surface area contributed by atoms with Crippen LogP contribution < -0.4 is 5.32 Å². The number of hydrogen-bond donors (Lipinski definition) is 1. The van der Waals surface area contributed by atoms with Gasteiger partial charge in [-0.2, -0.15) is 0 Å². The Kier molecular flexibility index (Phi) is 7.82. The summed E-state index contributed by atoms with van der Waals surface area (Å²) in [7, 11) is 3.84. The fraction of sp³-hybridized carbons (Fsp3) is 0.524. The molecule has 1 aromatic heterocycles. The van der Waals surface area contributed by atoms with Gasteiger partial charge in [-0.15, -0.1) is 11.3 Å². The first kappa shape index (κ1) is 20.8. The first-order chi connectivity index (χ1) is 13.6. The van der Waals surface area contributed by atoms with Gasteiger partial charge in [-0.3, -0.25) is 4.99 Å². The molecule has 0 saturated carbocycles. The Labute approximate surface area is 171 Å². The van der Waals surface area contributed by atoms with Crippen LogP contribution in [0.2, 0.25) is 0 Å². The standard InChI is InChI=1S/C21H30N4O2S/c1-16-24-19(15-28-16)13-25(3)21(22-2)23-12-17-5-4-6-18(11-17)14-27-20-7-9-26-10-8-20/h4-6,11,15,20H,7-10,12-14H2,1-3H3,(H,22,23). The van der Waals surface area contributed by atoms with Crippen molar-refractivity contribution in [3.63, 3.8) is 0 Å². The van der Waals surface area contributed by atoms with Crippen LogP contribution >= 0.6 is 11.3 Å². The van der Waals surface area contributed by atoms with E-state index in [0.717, 1.165) is 55.8 Å². The van der Waals surface area contributed by atoms with E-state index in [1.165, 1.54) is 11.1 Å². The summed E-state index contributed by atoms with van der Waals surface area (Å²) in [5.41, 5.74) is 3.49. The van der Waals surface area contributed by atoms with Crippen LogP contribution in [0, 0.1) is 6.92 Å². The van der Waals surface area contributed by atoms with Crippen LogP contribution in [0.4, 0.5) is 0 Å². The Morgan fingerprint density at radius 1 is 1.36 bits per heavy atom. The SMILES string of the molecule is CN=C(NCc1cccc(COC2CCOCC2)c1)N(C)Cc1csc(C)n1. The molecule has 1 aromatic carbocycles. The second-order valence-corrected chi connectivity index (χ2v) is 8.12. The van der Waals surface area contributed by atoms with Gasteiger partial charge in [0.05, 0.1) is 30.0 Å². The number of rotatable bonds is 7. The van der Waals surface area contributed by atoms with Crippen LogP contribution in [-0.4, -0.2) is 49.3 Å². The first-order valence-electron chi connectivity index (χ1n) is 9.74. The van der Waals surface area contributed by atoms with Crippen LogP contribution in [0.3, 0.4) is 0 Å². The summed E-state index contributed by atoms with van der Waals surface area (Å²) < 4.78 is 11.4. The van der Waals surface area contributed by atoms with E-state index in [4.69, 9.17) is 9.47 Å². The number of hydrogen-bond acceptors (Lipinski definition) is 5. The Balaban J connectivity index is 1.49. The van der Waals surface area contributed by atoms with E-state index in [1.807, 2.05) is 21.0 Å². The van der Waals surface area contributed by atoms with Crippen molar-refractivity contribution >= 4 is 17.3 Å². The zero-order valence-corrected chi connectivity index (χ0v) is 17.8. The molecule has 0 bridgehead atoms. The number of aromatic nitrogens is 1. The number of nitrogens with zero attached hydrogens (tertiary/aromatic N) is 3. The van der Waals surface area contributed by atoms with Gasteiger partial charge in [0, 0.05) is 39.2 Å². The van der Waals surface area contributed by atoms with Gasteiger partial charge in [0.1, 0.15) is 0 Å². The van der Waals surface area contributed by atoms with Gasteiger partial charge in [-0.05, 0) is 30.9 Å². The number of benzene rings is 1. The third-order valence-electron chi connectivity index (χ3n) is 4.74. The van der Waals surface area contributed by atoms with Crippen molar-refractivity contribution in [3.8, 4) is 0 Å². The summed E-state index contributed by atoms with van der Waals surface area (Å²) in [6.45, 7) is 5.75. The van der Waals surface area contributed by atoms with E-state index in [1.54, 1.807) is 11.3 Å². The molecule has 28 heavy (non-hydrogen) atoms.